The van der Waals surface area contributed by atoms with Crippen LogP contribution in [0.15, 0.2) is 30.8 Å². The molecule has 86 valence electrons. The Labute approximate surface area is 98.8 Å². The van der Waals surface area contributed by atoms with Crippen molar-refractivity contribution < 1.29 is 0 Å². The first-order chi connectivity index (χ1) is 7.88. The Morgan fingerprint density at radius 1 is 1.12 bits per heavy atom. The van der Waals surface area contributed by atoms with Crippen LogP contribution in [0.1, 0.15) is 36.8 Å². The van der Waals surface area contributed by atoms with Crippen molar-refractivity contribution in [2.24, 2.45) is 0 Å². The summed E-state index contributed by atoms with van der Waals surface area (Å²) < 4.78 is 0. The van der Waals surface area contributed by atoms with Gasteiger partial charge in [0, 0.05) is 6.54 Å². The van der Waals surface area contributed by atoms with Crippen LogP contribution >= 0.6 is 0 Å². The number of hydrogen-bond donors (Lipinski definition) is 0. The summed E-state index contributed by atoms with van der Waals surface area (Å²) in [6.45, 7) is 7.44. The molecule has 1 nitrogen and oxygen atoms in total. The molecule has 1 saturated heterocycles. The van der Waals surface area contributed by atoms with Gasteiger partial charge in [0.15, 0.2) is 0 Å². The maximum atomic E-state index is 3.82. The SMILES string of the molecule is C=Cc1cccc(CN2CCCCCC2)c1. The molecule has 1 aliphatic heterocycles. The van der Waals surface area contributed by atoms with Crippen molar-refractivity contribution in [3.8, 4) is 0 Å². The van der Waals surface area contributed by atoms with Crippen molar-refractivity contribution in [2.75, 3.05) is 13.1 Å². The van der Waals surface area contributed by atoms with E-state index in [1.54, 1.807) is 0 Å². The molecule has 0 spiro atoms. The number of nitrogens with zero attached hydrogens (tertiary/aromatic N) is 1. The maximum Gasteiger partial charge on any atom is 0.0233 e. The zero-order valence-corrected chi connectivity index (χ0v) is 9.99. The largest absolute Gasteiger partial charge is 0.299 e. The fraction of sp³-hybridized carbons (Fsp3) is 0.467. The topological polar surface area (TPSA) is 3.24 Å². The van der Waals surface area contributed by atoms with Crippen LogP contribution in [0.3, 0.4) is 0 Å². The van der Waals surface area contributed by atoms with E-state index in [2.05, 4.69) is 35.7 Å². The lowest BCUT2D eigenvalue weighted by atomic mass is 10.1. The molecular weight excluding hydrogens is 194 g/mol. The highest BCUT2D eigenvalue weighted by molar-refractivity contribution is 5.47. The molecule has 0 atom stereocenters. The summed E-state index contributed by atoms with van der Waals surface area (Å²) in [5.41, 5.74) is 2.65. The summed E-state index contributed by atoms with van der Waals surface area (Å²) in [5, 5.41) is 0. The molecule has 0 N–H and O–H groups in total. The summed E-state index contributed by atoms with van der Waals surface area (Å²) in [6.07, 6.45) is 7.46. The summed E-state index contributed by atoms with van der Waals surface area (Å²) in [7, 11) is 0. The first-order valence-electron chi connectivity index (χ1n) is 6.32. The molecule has 1 heteroatoms. The van der Waals surface area contributed by atoms with E-state index in [9.17, 15) is 0 Å². The molecule has 0 saturated carbocycles. The molecule has 0 radical (unpaired) electrons. The molecule has 16 heavy (non-hydrogen) atoms. The quantitative estimate of drug-likeness (QED) is 0.743. The molecule has 0 bridgehead atoms. The molecule has 0 unspecified atom stereocenters. The third kappa shape index (κ3) is 3.21. The summed E-state index contributed by atoms with van der Waals surface area (Å²) in [5.74, 6) is 0. The minimum atomic E-state index is 1.10. The molecule has 2 rings (SSSR count). The predicted molar refractivity (Wildman–Crippen MR) is 70.3 cm³/mol. The monoisotopic (exact) mass is 215 g/mol. The predicted octanol–water partition coefficient (Wildman–Crippen LogP) is 3.71. The second-order valence-corrected chi connectivity index (χ2v) is 4.64. The Bertz CT molecular complexity index is 335. The van der Waals surface area contributed by atoms with Gasteiger partial charge in [-0.1, -0.05) is 49.8 Å². The van der Waals surface area contributed by atoms with Crippen molar-refractivity contribution in [1.29, 1.82) is 0 Å². The lowest BCUT2D eigenvalue weighted by Crippen LogP contribution is -2.23. The molecule has 0 aliphatic carbocycles. The fourth-order valence-electron chi connectivity index (χ4n) is 2.37. The first kappa shape index (κ1) is 11.4. The molecule has 0 amide bonds. The average Bonchev–Trinajstić information content (AvgIpc) is 2.58. The van der Waals surface area contributed by atoms with Gasteiger partial charge in [0.05, 0.1) is 0 Å². The van der Waals surface area contributed by atoms with Gasteiger partial charge in [-0.05, 0) is 37.1 Å². The molecule has 1 aliphatic rings. The van der Waals surface area contributed by atoms with Gasteiger partial charge >= 0.3 is 0 Å². The average molecular weight is 215 g/mol. The van der Waals surface area contributed by atoms with Crippen LogP contribution in [0.25, 0.3) is 6.08 Å². The lowest BCUT2D eigenvalue weighted by molar-refractivity contribution is 0.277. The van der Waals surface area contributed by atoms with Crippen molar-refractivity contribution in [3.05, 3.63) is 42.0 Å². The Morgan fingerprint density at radius 3 is 2.56 bits per heavy atom. The fourth-order valence-corrected chi connectivity index (χ4v) is 2.37. The van der Waals surface area contributed by atoms with E-state index < -0.39 is 0 Å². The van der Waals surface area contributed by atoms with Gasteiger partial charge in [0.1, 0.15) is 0 Å². The molecule has 1 aromatic rings. The van der Waals surface area contributed by atoms with Crippen LogP contribution in [0.4, 0.5) is 0 Å². The smallest absolute Gasteiger partial charge is 0.0233 e. The van der Waals surface area contributed by atoms with Gasteiger partial charge in [-0.2, -0.15) is 0 Å². The van der Waals surface area contributed by atoms with E-state index >= 15 is 0 Å². The van der Waals surface area contributed by atoms with E-state index in [0.717, 1.165) is 6.54 Å². The number of hydrogen-bond acceptors (Lipinski definition) is 1. The van der Waals surface area contributed by atoms with Gasteiger partial charge in [0.2, 0.25) is 0 Å². The van der Waals surface area contributed by atoms with Crippen molar-refractivity contribution in [2.45, 2.75) is 32.2 Å². The molecule has 1 fully saturated rings. The van der Waals surface area contributed by atoms with E-state index in [-0.39, 0.29) is 0 Å². The second-order valence-electron chi connectivity index (χ2n) is 4.64. The molecular formula is C15H21N. The van der Waals surface area contributed by atoms with Crippen LogP contribution in [-0.2, 0) is 6.54 Å². The van der Waals surface area contributed by atoms with Crippen molar-refractivity contribution >= 4 is 6.08 Å². The van der Waals surface area contributed by atoms with Crippen LogP contribution in [0.5, 0.6) is 0 Å². The Morgan fingerprint density at radius 2 is 1.88 bits per heavy atom. The van der Waals surface area contributed by atoms with Crippen LogP contribution < -0.4 is 0 Å². The van der Waals surface area contributed by atoms with E-state index in [0.29, 0.717) is 0 Å². The zero-order valence-electron chi connectivity index (χ0n) is 9.99. The van der Waals surface area contributed by atoms with Gasteiger partial charge in [0.25, 0.3) is 0 Å². The highest BCUT2D eigenvalue weighted by atomic mass is 15.1. The normalized spacial score (nSPS) is 18.0. The summed E-state index contributed by atoms with van der Waals surface area (Å²) in [6, 6.07) is 8.71. The minimum absolute atomic E-state index is 1.10. The first-order valence-corrected chi connectivity index (χ1v) is 6.32. The number of likely N-dealkylation sites (tertiary alicyclic amines) is 1. The highest BCUT2D eigenvalue weighted by Gasteiger charge is 2.09. The Hall–Kier alpha value is -1.08. The highest BCUT2D eigenvalue weighted by Crippen LogP contribution is 2.14. The van der Waals surface area contributed by atoms with E-state index in [1.165, 1.54) is 49.9 Å². The van der Waals surface area contributed by atoms with Crippen LogP contribution in [0, 0.1) is 0 Å². The number of rotatable bonds is 3. The Kier molecular flexibility index (Phi) is 4.17. The third-order valence-corrected chi connectivity index (χ3v) is 3.29. The van der Waals surface area contributed by atoms with Crippen LogP contribution in [0.2, 0.25) is 0 Å². The maximum absolute atomic E-state index is 3.82. The summed E-state index contributed by atoms with van der Waals surface area (Å²) in [4.78, 5) is 2.58. The third-order valence-electron chi connectivity index (χ3n) is 3.29. The Balaban J connectivity index is 1.98. The minimum Gasteiger partial charge on any atom is -0.299 e. The van der Waals surface area contributed by atoms with Gasteiger partial charge in [-0.25, -0.2) is 0 Å². The van der Waals surface area contributed by atoms with Crippen molar-refractivity contribution in [3.63, 3.8) is 0 Å². The van der Waals surface area contributed by atoms with Crippen LogP contribution in [-0.4, -0.2) is 18.0 Å². The van der Waals surface area contributed by atoms with Gasteiger partial charge < -0.3 is 0 Å². The van der Waals surface area contributed by atoms with E-state index in [4.69, 9.17) is 0 Å². The zero-order chi connectivity index (χ0) is 11.2. The summed E-state index contributed by atoms with van der Waals surface area (Å²) >= 11 is 0. The van der Waals surface area contributed by atoms with Gasteiger partial charge in [-0.3, -0.25) is 4.90 Å². The molecule has 1 heterocycles. The molecule has 0 aromatic heterocycles. The second kappa shape index (κ2) is 5.86. The standard InChI is InChI=1S/C15H21N/c1-2-14-8-7-9-15(12-14)13-16-10-5-3-4-6-11-16/h2,7-9,12H,1,3-6,10-11,13H2. The molecule has 1 aromatic carbocycles. The van der Waals surface area contributed by atoms with Gasteiger partial charge in [-0.15, -0.1) is 0 Å². The van der Waals surface area contributed by atoms with Crippen molar-refractivity contribution in [1.82, 2.24) is 4.90 Å². The lowest BCUT2D eigenvalue weighted by Gasteiger charge is -2.19. The number of benzene rings is 1. The van der Waals surface area contributed by atoms with E-state index in [1.807, 2.05) is 6.08 Å².